The number of hydrogen-bond donors (Lipinski definition) is 0. The number of thioether (sulfide) groups is 1. The molecule has 0 amide bonds. The summed E-state index contributed by atoms with van der Waals surface area (Å²) in [5.74, 6) is 0.943. The van der Waals surface area contributed by atoms with Crippen LogP contribution in [0.15, 0.2) is 81.7 Å². The van der Waals surface area contributed by atoms with Crippen LogP contribution in [0.5, 0.6) is 0 Å². The molecule has 212 valence electrons. The average Bonchev–Trinajstić information content (AvgIpc) is 2.90. The molecule has 0 nitrogen and oxygen atoms in total. The lowest BCUT2D eigenvalue weighted by molar-refractivity contribution is 0.339. The van der Waals surface area contributed by atoms with Crippen LogP contribution in [0.3, 0.4) is 0 Å². The van der Waals surface area contributed by atoms with Gasteiger partial charge >= 0.3 is 0 Å². The summed E-state index contributed by atoms with van der Waals surface area (Å²) in [5, 5.41) is 2.32. The fourth-order valence-electron chi connectivity index (χ4n) is 4.28. The predicted molar refractivity (Wildman–Crippen MR) is 177 cm³/mol. The first-order valence-corrected chi connectivity index (χ1v) is 15.9. The molecule has 0 aromatic carbocycles. The minimum atomic E-state index is 0.943. The second-order valence-electron chi connectivity index (χ2n) is 10.3. The molecule has 1 fully saturated rings. The lowest BCUT2D eigenvalue weighted by atomic mass is 9.84. The second-order valence-corrected chi connectivity index (χ2v) is 11.2. The summed E-state index contributed by atoms with van der Waals surface area (Å²) in [5.41, 5.74) is 8.34. The van der Waals surface area contributed by atoms with Crippen molar-refractivity contribution in [3.8, 4) is 0 Å². The Morgan fingerprint density at radius 3 is 1.97 bits per heavy atom. The second kappa shape index (κ2) is 24.8. The molecule has 0 unspecified atom stereocenters. The minimum Gasteiger partial charge on any atom is -0.103 e. The van der Waals surface area contributed by atoms with Crippen LogP contribution >= 0.6 is 11.8 Å². The summed E-state index contributed by atoms with van der Waals surface area (Å²) in [7, 11) is 0. The lowest BCUT2D eigenvalue weighted by Crippen LogP contribution is -2.06. The fraction of sp³-hybridized carbons (Fsp3) is 0.611. The third kappa shape index (κ3) is 19.3. The van der Waals surface area contributed by atoms with Gasteiger partial charge in [0, 0.05) is 4.91 Å². The molecule has 0 heterocycles. The van der Waals surface area contributed by atoms with Gasteiger partial charge in [0.15, 0.2) is 0 Å². The average molecular weight is 527 g/mol. The van der Waals surface area contributed by atoms with Crippen molar-refractivity contribution in [2.75, 3.05) is 0 Å². The van der Waals surface area contributed by atoms with Gasteiger partial charge in [-0.25, -0.2) is 0 Å². The van der Waals surface area contributed by atoms with E-state index in [1.807, 2.05) is 20.8 Å². The van der Waals surface area contributed by atoms with E-state index in [0.29, 0.717) is 0 Å². The zero-order valence-corrected chi connectivity index (χ0v) is 27.2. The van der Waals surface area contributed by atoms with Gasteiger partial charge in [-0.1, -0.05) is 127 Å². The normalized spacial score (nSPS) is 14.6. The van der Waals surface area contributed by atoms with Crippen LogP contribution in [0.25, 0.3) is 0 Å². The third-order valence-electron chi connectivity index (χ3n) is 6.79. The highest BCUT2D eigenvalue weighted by Crippen LogP contribution is 2.32. The zero-order chi connectivity index (χ0) is 28.6. The Hall–Kier alpha value is -1.47. The first-order chi connectivity index (χ1) is 17.7. The van der Waals surface area contributed by atoms with Gasteiger partial charge in [-0.15, -0.1) is 6.58 Å². The van der Waals surface area contributed by atoms with E-state index in [0.717, 1.165) is 22.8 Å². The molecule has 37 heavy (non-hydrogen) atoms. The molecule has 0 aliphatic heterocycles. The van der Waals surface area contributed by atoms with Crippen molar-refractivity contribution < 1.29 is 0 Å². The maximum atomic E-state index is 4.30. The number of unbranched alkanes of at least 4 members (excludes halogenated alkanes) is 2. The van der Waals surface area contributed by atoms with Crippen LogP contribution in [-0.2, 0) is 0 Å². The fourth-order valence-corrected chi connectivity index (χ4v) is 4.99. The molecule has 0 aromatic heterocycles. The Morgan fingerprint density at radius 2 is 1.46 bits per heavy atom. The highest BCUT2D eigenvalue weighted by Gasteiger charge is 2.14. The maximum absolute atomic E-state index is 4.30. The van der Waals surface area contributed by atoms with Gasteiger partial charge in [0.25, 0.3) is 0 Å². The van der Waals surface area contributed by atoms with Crippen molar-refractivity contribution in [1.29, 1.82) is 0 Å². The number of allylic oxidation sites excluding steroid dienone is 9. The first kappa shape index (κ1) is 37.7. The standard InChI is InChI=1S/C31H50S.C3H6.C2H6/c1-9-11-13-18-31(27(7)23-32-28(8)26(6)21-25(5)10-2)22-30(24(3)4)20-19-29-16-14-12-15-17-29;1-3-2;1-2/h21-23,29H,5,8-20H2,1-4,6-7H3;3H,1H2,2H3;1-2H3/b26-21+,27-23+,31-22+;;. The SMILES string of the molecule is C=C(/C=C(\C)C(=C)S/C=C(C)/C(=C/C(CCC1CCCCC1)=C(C)C)CCCCC)CC.C=CC.CC. The highest BCUT2D eigenvalue weighted by molar-refractivity contribution is 8.06. The summed E-state index contributed by atoms with van der Waals surface area (Å²) in [6.45, 7) is 31.1. The van der Waals surface area contributed by atoms with Crippen molar-refractivity contribution in [2.45, 2.75) is 139 Å². The van der Waals surface area contributed by atoms with Crippen molar-refractivity contribution in [3.63, 3.8) is 0 Å². The molecule has 0 bridgehead atoms. The van der Waals surface area contributed by atoms with Crippen molar-refractivity contribution in [3.05, 3.63) is 81.7 Å². The van der Waals surface area contributed by atoms with Gasteiger partial charge in [-0.3, -0.25) is 0 Å². The lowest BCUT2D eigenvalue weighted by Gasteiger charge is -2.22. The molecule has 1 aliphatic rings. The quantitative estimate of drug-likeness (QED) is 0.123. The Kier molecular flexibility index (Phi) is 25.3. The van der Waals surface area contributed by atoms with Crippen LogP contribution in [0.1, 0.15) is 139 Å². The van der Waals surface area contributed by atoms with Crippen molar-refractivity contribution >= 4 is 11.8 Å². The zero-order valence-electron chi connectivity index (χ0n) is 26.4. The number of hydrogen-bond acceptors (Lipinski definition) is 1. The van der Waals surface area contributed by atoms with E-state index in [1.54, 1.807) is 23.4 Å². The summed E-state index contributed by atoms with van der Waals surface area (Å²) >= 11 is 1.76. The van der Waals surface area contributed by atoms with Crippen LogP contribution in [-0.4, -0.2) is 0 Å². The third-order valence-corrected chi connectivity index (χ3v) is 7.86. The molecular weight excluding hydrogens is 464 g/mol. The molecule has 0 atom stereocenters. The van der Waals surface area contributed by atoms with E-state index in [4.69, 9.17) is 0 Å². The Labute approximate surface area is 238 Å². The molecule has 1 saturated carbocycles. The van der Waals surface area contributed by atoms with Crippen molar-refractivity contribution in [2.24, 2.45) is 5.92 Å². The van der Waals surface area contributed by atoms with E-state index in [9.17, 15) is 0 Å². The number of rotatable bonds is 14. The first-order valence-electron chi connectivity index (χ1n) is 15.0. The molecule has 0 saturated heterocycles. The summed E-state index contributed by atoms with van der Waals surface area (Å²) in [6, 6.07) is 0. The van der Waals surface area contributed by atoms with E-state index in [1.165, 1.54) is 92.9 Å². The topological polar surface area (TPSA) is 0 Å². The van der Waals surface area contributed by atoms with Gasteiger partial charge in [0.2, 0.25) is 0 Å². The van der Waals surface area contributed by atoms with Crippen LogP contribution in [0, 0.1) is 5.92 Å². The Morgan fingerprint density at radius 1 is 0.865 bits per heavy atom. The summed E-state index contributed by atoms with van der Waals surface area (Å²) < 4.78 is 0. The highest BCUT2D eigenvalue weighted by atomic mass is 32.2. The molecule has 1 heteroatoms. The molecule has 1 rings (SSSR count). The predicted octanol–water partition coefficient (Wildman–Crippen LogP) is 13.5. The maximum Gasteiger partial charge on any atom is 0.00733 e. The van der Waals surface area contributed by atoms with Crippen LogP contribution in [0.2, 0.25) is 0 Å². The molecule has 0 spiro atoms. The van der Waals surface area contributed by atoms with Crippen LogP contribution in [0.4, 0.5) is 0 Å². The van der Waals surface area contributed by atoms with Crippen LogP contribution < -0.4 is 0 Å². The largest absolute Gasteiger partial charge is 0.103 e. The smallest absolute Gasteiger partial charge is 0.00733 e. The molecule has 0 aromatic rings. The summed E-state index contributed by atoms with van der Waals surface area (Å²) in [6.07, 6.45) is 22.3. The van der Waals surface area contributed by atoms with Gasteiger partial charge in [-0.2, -0.15) is 0 Å². The Balaban J connectivity index is 0. The van der Waals surface area contributed by atoms with E-state index < -0.39 is 0 Å². The van der Waals surface area contributed by atoms with E-state index in [-0.39, 0.29) is 0 Å². The Bertz CT molecular complexity index is 758. The minimum absolute atomic E-state index is 0.943. The molecule has 1 aliphatic carbocycles. The van der Waals surface area contributed by atoms with Gasteiger partial charge < -0.3 is 0 Å². The van der Waals surface area contributed by atoms with Gasteiger partial charge in [0.1, 0.15) is 0 Å². The molecule has 0 N–H and O–H groups in total. The van der Waals surface area contributed by atoms with Gasteiger partial charge in [-0.05, 0) is 100 Å². The molecule has 0 radical (unpaired) electrons. The van der Waals surface area contributed by atoms with Gasteiger partial charge in [0.05, 0.1) is 0 Å². The van der Waals surface area contributed by atoms with E-state index in [2.05, 4.69) is 78.8 Å². The monoisotopic (exact) mass is 526 g/mol. The summed E-state index contributed by atoms with van der Waals surface area (Å²) in [4.78, 5) is 1.12. The molecular formula is C36H62S. The van der Waals surface area contributed by atoms with Crippen molar-refractivity contribution in [1.82, 2.24) is 0 Å². The van der Waals surface area contributed by atoms with E-state index >= 15 is 0 Å².